The number of ether oxygens (including phenoxy) is 3. The molecule has 0 spiro atoms. The first-order chi connectivity index (χ1) is 19.6. The van der Waals surface area contributed by atoms with E-state index in [1.165, 1.54) is 0 Å². The molecule has 0 bridgehead atoms. The Bertz CT molecular complexity index is 1470. The third kappa shape index (κ3) is 5.77. The SMILES string of the molecule is Cc1cc(-c2ccccc2)nn1CCOC[C@]1(C)CO[C@H](c2nc(-c3ccccc3)c(-c3ccccc3)[nH]2)OC1. The Morgan fingerprint density at radius 3 is 2.12 bits per heavy atom. The van der Waals surface area contributed by atoms with Gasteiger partial charge in [-0.05, 0) is 13.0 Å². The van der Waals surface area contributed by atoms with Crippen LogP contribution in [0.1, 0.15) is 24.7 Å². The molecule has 7 heteroatoms. The highest BCUT2D eigenvalue weighted by molar-refractivity contribution is 5.78. The van der Waals surface area contributed by atoms with Crippen LogP contribution in [0.4, 0.5) is 0 Å². The molecule has 7 nitrogen and oxygen atoms in total. The fraction of sp³-hybridized carbons (Fsp3) is 0.273. The average molecular weight is 535 g/mol. The number of rotatable bonds is 9. The zero-order valence-corrected chi connectivity index (χ0v) is 22.9. The molecule has 0 unspecified atom stereocenters. The highest BCUT2D eigenvalue weighted by atomic mass is 16.7. The van der Waals surface area contributed by atoms with Crippen molar-refractivity contribution in [3.63, 3.8) is 0 Å². The summed E-state index contributed by atoms with van der Waals surface area (Å²) < 4.78 is 20.5. The van der Waals surface area contributed by atoms with Crippen molar-refractivity contribution in [3.8, 4) is 33.8 Å². The predicted molar refractivity (Wildman–Crippen MR) is 155 cm³/mol. The third-order valence-corrected chi connectivity index (χ3v) is 7.17. The van der Waals surface area contributed by atoms with Gasteiger partial charge >= 0.3 is 0 Å². The molecule has 204 valence electrons. The second kappa shape index (κ2) is 11.6. The quantitative estimate of drug-likeness (QED) is 0.214. The average Bonchev–Trinajstić information content (AvgIpc) is 3.61. The number of aromatic amines is 1. The lowest BCUT2D eigenvalue weighted by Gasteiger charge is -2.36. The molecule has 3 aromatic carbocycles. The van der Waals surface area contributed by atoms with Gasteiger partial charge in [0.25, 0.3) is 0 Å². The van der Waals surface area contributed by atoms with Crippen LogP contribution in [0.25, 0.3) is 33.8 Å². The lowest BCUT2D eigenvalue weighted by Crippen LogP contribution is -2.40. The van der Waals surface area contributed by atoms with Crippen LogP contribution in [0.15, 0.2) is 97.1 Å². The van der Waals surface area contributed by atoms with Crippen LogP contribution in [0.2, 0.25) is 0 Å². The predicted octanol–water partition coefficient (Wildman–Crippen LogP) is 6.68. The second-order valence-electron chi connectivity index (χ2n) is 10.7. The Kier molecular flexibility index (Phi) is 7.60. The van der Waals surface area contributed by atoms with Gasteiger partial charge in [-0.2, -0.15) is 5.10 Å². The van der Waals surface area contributed by atoms with Crippen LogP contribution in [0.3, 0.4) is 0 Å². The van der Waals surface area contributed by atoms with E-state index in [9.17, 15) is 0 Å². The molecule has 5 aromatic rings. The largest absolute Gasteiger partial charge is 0.379 e. The molecule has 0 radical (unpaired) electrons. The highest BCUT2D eigenvalue weighted by Gasteiger charge is 2.35. The third-order valence-electron chi connectivity index (χ3n) is 7.17. The molecule has 2 aromatic heterocycles. The summed E-state index contributed by atoms with van der Waals surface area (Å²) >= 11 is 0. The van der Waals surface area contributed by atoms with Crippen LogP contribution in [-0.2, 0) is 20.8 Å². The number of nitrogens with zero attached hydrogens (tertiary/aromatic N) is 3. The Hall–Kier alpha value is -4.04. The van der Waals surface area contributed by atoms with E-state index in [2.05, 4.69) is 61.3 Å². The second-order valence-corrected chi connectivity index (χ2v) is 10.7. The van der Waals surface area contributed by atoms with Crippen LogP contribution in [-0.4, -0.2) is 46.2 Å². The maximum absolute atomic E-state index is 6.19. The van der Waals surface area contributed by atoms with Gasteiger partial charge in [0.1, 0.15) is 0 Å². The van der Waals surface area contributed by atoms with E-state index >= 15 is 0 Å². The van der Waals surface area contributed by atoms with Gasteiger partial charge in [-0.1, -0.05) is 97.9 Å². The van der Waals surface area contributed by atoms with E-state index in [1.54, 1.807) is 0 Å². The number of aromatic nitrogens is 4. The molecule has 1 aliphatic rings. The maximum Gasteiger partial charge on any atom is 0.217 e. The minimum absolute atomic E-state index is 0.248. The van der Waals surface area contributed by atoms with Gasteiger partial charge in [0, 0.05) is 27.8 Å². The molecule has 3 heterocycles. The van der Waals surface area contributed by atoms with Crippen molar-refractivity contribution in [3.05, 3.63) is 109 Å². The molecule has 0 aliphatic carbocycles. The zero-order valence-electron chi connectivity index (χ0n) is 22.9. The molecular weight excluding hydrogens is 500 g/mol. The van der Waals surface area contributed by atoms with Crippen molar-refractivity contribution in [2.24, 2.45) is 5.41 Å². The van der Waals surface area contributed by atoms with E-state index in [0.717, 1.165) is 39.5 Å². The Morgan fingerprint density at radius 1 is 0.875 bits per heavy atom. The van der Waals surface area contributed by atoms with Crippen molar-refractivity contribution in [2.45, 2.75) is 26.7 Å². The summed E-state index contributed by atoms with van der Waals surface area (Å²) in [5.41, 5.74) is 6.91. The molecule has 1 fully saturated rings. The van der Waals surface area contributed by atoms with Crippen LogP contribution in [0.5, 0.6) is 0 Å². The summed E-state index contributed by atoms with van der Waals surface area (Å²) in [6.07, 6.45) is -0.559. The summed E-state index contributed by atoms with van der Waals surface area (Å²) in [4.78, 5) is 8.40. The van der Waals surface area contributed by atoms with Crippen molar-refractivity contribution in [1.82, 2.24) is 19.7 Å². The zero-order chi connectivity index (χ0) is 27.4. The molecule has 1 saturated heterocycles. The van der Waals surface area contributed by atoms with Crippen molar-refractivity contribution in [1.29, 1.82) is 0 Å². The maximum atomic E-state index is 6.19. The van der Waals surface area contributed by atoms with Gasteiger partial charge in [0.15, 0.2) is 5.82 Å². The van der Waals surface area contributed by atoms with E-state index in [-0.39, 0.29) is 5.41 Å². The number of hydrogen-bond donors (Lipinski definition) is 1. The molecule has 0 amide bonds. The van der Waals surface area contributed by atoms with E-state index in [4.69, 9.17) is 24.3 Å². The number of aryl methyl sites for hydroxylation is 1. The Morgan fingerprint density at radius 2 is 1.48 bits per heavy atom. The molecule has 6 rings (SSSR count). The molecule has 1 aliphatic heterocycles. The normalized spacial score (nSPS) is 19.1. The van der Waals surface area contributed by atoms with E-state index < -0.39 is 6.29 Å². The molecule has 0 atom stereocenters. The fourth-order valence-corrected chi connectivity index (χ4v) is 4.96. The summed E-state index contributed by atoms with van der Waals surface area (Å²) in [6, 6.07) is 32.7. The first-order valence-electron chi connectivity index (χ1n) is 13.7. The number of hydrogen-bond acceptors (Lipinski definition) is 5. The summed E-state index contributed by atoms with van der Waals surface area (Å²) in [5.74, 6) is 0.670. The van der Waals surface area contributed by atoms with Crippen molar-refractivity contribution >= 4 is 0 Å². The van der Waals surface area contributed by atoms with Crippen LogP contribution < -0.4 is 0 Å². The first kappa shape index (κ1) is 26.2. The number of nitrogens with one attached hydrogen (secondary N) is 1. The standard InChI is InChI=1S/C33H34N4O3/c1-24-20-28(25-12-6-3-7-13-25)36-37(24)18-19-38-21-33(2)22-39-32(40-23-33)31-34-29(26-14-8-4-9-15-26)30(35-31)27-16-10-5-11-17-27/h3-17,20,32H,18-19,21-23H2,1-2H3,(H,34,35)/t32-,33+. The number of H-pyrrole nitrogens is 1. The van der Waals surface area contributed by atoms with Gasteiger partial charge < -0.3 is 19.2 Å². The summed E-state index contributed by atoms with van der Waals surface area (Å²) in [6.45, 7) is 7.02. The summed E-state index contributed by atoms with van der Waals surface area (Å²) in [5, 5.41) is 4.75. The topological polar surface area (TPSA) is 74.2 Å². The van der Waals surface area contributed by atoms with E-state index in [1.807, 2.05) is 59.3 Å². The smallest absolute Gasteiger partial charge is 0.217 e. The summed E-state index contributed by atoms with van der Waals surface area (Å²) in [7, 11) is 0. The molecule has 1 N–H and O–H groups in total. The van der Waals surface area contributed by atoms with Gasteiger partial charge in [-0.3, -0.25) is 4.68 Å². The van der Waals surface area contributed by atoms with Crippen LogP contribution >= 0.6 is 0 Å². The Labute approximate surface area is 234 Å². The fourth-order valence-electron chi connectivity index (χ4n) is 4.96. The monoisotopic (exact) mass is 534 g/mol. The lowest BCUT2D eigenvalue weighted by atomic mass is 9.93. The molecule has 40 heavy (non-hydrogen) atoms. The lowest BCUT2D eigenvalue weighted by molar-refractivity contribution is -0.242. The number of imidazole rings is 1. The van der Waals surface area contributed by atoms with Gasteiger partial charge in [0.05, 0.1) is 50.1 Å². The minimum Gasteiger partial charge on any atom is -0.379 e. The van der Waals surface area contributed by atoms with Crippen molar-refractivity contribution < 1.29 is 14.2 Å². The van der Waals surface area contributed by atoms with Gasteiger partial charge in [0.2, 0.25) is 6.29 Å². The van der Waals surface area contributed by atoms with Gasteiger partial charge in [-0.25, -0.2) is 4.98 Å². The first-order valence-corrected chi connectivity index (χ1v) is 13.7. The van der Waals surface area contributed by atoms with Gasteiger partial charge in [-0.15, -0.1) is 0 Å². The molecule has 0 saturated carbocycles. The highest BCUT2D eigenvalue weighted by Crippen LogP contribution is 2.35. The Balaban J connectivity index is 1.06. The molecular formula is C33H34N4O3. The van der Waals surface area contributed by atoms with E-state index in [0.29, 0.717) is 38.8 Å². The van der Waals surface area contributed by atoms with Crippen molar-refractivity contribution in [2.75, 3.05) is 26.4 Å². The number of benzene rings is 3. The minimum atomic E-state index is -0.559. The van der Waals surface area contributed by atoms with Crippen LogP contribution in [0, 0.1) is 12.3 Å².